The lowest BCUT2D eigenvalue weighted by molar-refractivity contribution is -0.115. The van der Waals surface area contributed by atoms with Crippen LogP contribution in [0.25, 0.3) is 0 Å². The zero-order valence-corrected chi connectivity index (χ0v) is 14.8. The lowest BCUT2D eigenvalue weighted by Gasteiger charge is -2.06. The Bertz CT molecular complexity index is 726. The SMILES string of the molecule is CCOC(=O)c1sc(NC(=O)Cc2c(Cl)cccc2Cl)nc1C. The van der Waals surface area contributed by atoms with Crippen LogP contribution in [0.1, 0.15) is 27.9 Å². The Balaban J connectivity index is 2.09. The quantitative estimate of drug-likeness (QED) is 0.801. The van der Waals surface area contributed by atoms with Gasteiger partial charge in [-0.1, -0.05) is 40.6 Å². The fraction of sp³-hybridized carbons (Fsp3) is 0.267. The highest BCUT2D eigenvalue weighted by molar-refractivity contribution is 7.17. The Hall–Kier alpha value is -1.63. The highest BCUT2D eigenvalue weighted by atomic mass is 35.5. The molecule has 0 saturated carbocycles. The molecule has 2 aromatic rings. The van der Waals surface area contributed by atoms with Crippen molar-refractivity contribution in [3.05, 3.63) is 44.4 Å². The van der Waals surface area contributed by atoms with E-state index in [9.17, 15) is 9.59 Å². The van der Waals surface area contributed by atoms with Gasteiger partial charge in [0, 0.05) is 10.0 Å². The summed E-state index contributed by atoms with van der Waals surface area (Å²) in [6, 6.07) is 5.05. The molecule has 1 aromatic heterocycles. The summed E-state index contributed by atoms with van der Waals surface area (Å²) in [4.78, 5) is 28.4. The fourth-order valence-electron chi connectivity index (χ4n) is 1.86. The normalized spacial score (nSPS) is 10.4. The van der Waals surface area contributed by atoms with Crippen LogP contribution in [0.5, 0.6) is 0 Å². The first kappa shape index (κ1) is 17.7. The van der Waals surface area contributed by atoms with E-state index in [4.69, 9.17) is 27.9 Å². The van der Waals surface area contributed by atoms with Crippen LogP contribution in [0.4, 0.5) is 5.13 Å². The van der Waals surface area contributed by atoms with Crippen LogP contribution in [-0.2, 0) is 16.0 Å². The van der Waals surface area contributed by atoms with E-state index in [1.807, 2.05) is 0 Å². The molecule has 8 heteroatoms. The van der Waals surface area contributed by atoms with Gasteiger partial charge in [-0.25, -0.2) is 9.78 Å². The summed E-state index contributed by atoms with van der Waals surface area (Å²) in [6.45, 7) is 3.69. The first-order valence-electron chi connectivity index (χ1n) is 6.79. The molecule has 0 radical (unpaired) electrons. The molecule has 1 amide bonds. The first-order chi connectivity index (χ1) is 10.9. The highest BCUT2D eigenvalue weighted by Crippen LogP contribution is 2.26. The second kappa shape index (κ2) is 7.77. The number of thiazole rings is 1. The number of aryl methyl sites for hydroxylation is 1. The van der Waals surface area contributed by atoms with Gasteiger partial charge in [-0.05, 0) is 31.5 Å². The third kappa shape index (κ3) is 4.43. The predicted octanol–water partition coefficient (Wildman–Crippen LogP) is 4.12. The molecular formula is C15H14Cl2N2O3S. The third-order valence-electron chi connectivity index (χ3n) is 2.90. The number of ether oxygens (including phenoxy) is 1. The Labute approximate surface area is 147 Å². The first-order valence-corrected chi connectivity index (χ1v) is 8.37. The van der Waals surface area contributed by atoms with Gasteiger partial charge in [0.2, 0.25) is 5.91 Å². The van der Waals surface area contributed by atoms with Crippen molar-refractivity contribution < 1.29 is 14.3 Å². The summed E-state index contributed by atoms with van der Waals surface area (Å²) in [5.74, 6) is -0.763. The van der Waals surface area contributed by atoms with Gasteiger partial charge in [-0.2, -0.15) is 0 Å². The van der Waals surface area contributed by atoms with E-state index in [-0.39, 0.29) is 18.9 Å². The average molecular weight is 373 g/mol. The topological polar surface area (TPSA) is 68.3 Å². The van der Waals surface area contributed by atoms with Gasteiger partial charge in [0.05, 0.1) is 18.7 Å². The Morgan fingerprint density at radius 2 is 1.96 bits per heavy atom. The van der Waals surface area contributed by atoms with E-state index in [0.29, 0.717) is 31.3 Å². The largest absolute Gasteiger partial charge is 0.462 e. The number of benzene rings is 1. The predicted molar refractivity (Wildman–Crippen MR) is 91.6 cm³/mol. The number of esters is 1. The number of aromatic nitrogens is 1. The van der Waals surface area contributed by atoms with E-state index in [2.05, 4.69) is 10.3 Å². The number of hydrogen-bond acceptors (Lipinski definition) is 5. The van der Waals surface area contributed by atoms with E-state index in [1.165, 1.54) is 0 Å². The minimum atomic E-state index is -0.447. The molecule has 0 saturated heterocycles. The summed E-state index contributed by atoms with van der Waals surface area (Å²) < 4.78 is 4.94. The molecule has 0 atom stereocenters. The molecule has 23 heavy (non-hydrogen) atoms. The second-order valence-electron chi connectivity index (χ2n) is 4.58. The van der Waals surface area contributed by atoms with Crippen LogP contribution in [0.15, 0.2) is 18.2 Å². The molecule has 0 bridgehead atoms. The van der Waals surface area contributed by atoms with Crippen molar-refractivity contribution >= 4 is 51.5 Å². The van der Waals surface area contributed by atoms with Crippen molar-refractivity contribution in [2.45, 2.75) is 20.3 Å². The van der Waals surface area contributed by atoms with Crippen molar-refractivity contribution in [3.8, 4) is 0 Å². The summed E-state index contributed by atoms with van der Waals surface area (Å²) in [6.07, 6.45) is 0.0197. The van der Waals surface area contributed by atoms with Crippen LogP contribution in [-0.4, -0.2) is 23.5 Å². The number of halogens is 2. The van der Waals surface area contributed by atoms with E-state index >= 15 is 0 Å². The number of amides is 1. The minimum Gasteiger partial charge on any atom is -0.462 e. The molecule has 0 fully saturated rings. The molecule has 0 spiro atoms. The molecule has 0 unspecified atom stereocenters. The highest BCUT2D eigenvalue weighted by Gasteiger charge is 2.18. The zero-order chi connectivity index (χ0) is 17.0. The molecule has 0 aliphatic heterocycles. The van der Waals surface area contributed by atoms with Gasteiger partial charge in [0.25, 0.3) is 0 Å². The van der Waals surface area contributed by atoms with Crippen LogP contribution < -0.4 is 5.32 Å². The lowest BCUT2D eigenvalue weighted by atomic mass is 10.1. The number of anilines is 1. The molecule has 1 aromatic carbocycles. The summed E-state index contributed by atoms with van der Waals surface area (Å²) >= 11 is 13.2. The number of carbonyl (C=O) groups excluding carboxylic acids is 2. The maximum absolute atomic E-state index is 12.1. The van der Waals surface area contributed by atoms with Crippen molar-refractivity contribution in [2.75, 3.05) is 11.9 Å². The molecule has 0 aliphatic carbocycles. The molecule has 1 N–H and O–H groups in total. The van der Waals surface area contributed by atoms with Crippen LogP contribution in [0, 0.1) is 6.92 Å². The van der Waals surface area contributed by atoms with Crippen molar-refractivity contribution in [3.63, 3.8) is 0 Å². The van der Waals surface area contributed by atoms with Crippen LogP contribution >= 0.6 is 34.5 Å². The number of nitrogens with one attached hydrogen (secondary N) is 1. The van der Waals surface area contributed by atoms with Crippen molar-refractivity contribution in [1.29, 1.82) is 0 Å². The molecule has 1 heterocycles. The van der Waals surface area contributed by atoms with Gasteiger partial charge in [-0.15, -0.1) is 0 Å². The summed E-state index contributed by atoms with van der Waals surface area (Å²) in [7, 11) is 0. The molecule has 5 nitrogen and oxygen atoms in total. The Kier molecular flexibility index (Phi) is 5.98. The minimum absolute atomic E-state index is 0.0197. The van der Waals surface area contributed by atoms with Crippen LogP contribution in [0.3, 0.4) is 0 Å². The molecular weight excluding hydrogens is 359 g/mol. The zero-order valence-electron chi connectivity index (χ0n) is 12.5. The third-order valence-corrected chi connectivity index (χ3v) is 4.66. The number of hydrogen-bond donors (Lipinski definition) is 1. The van der Waals surface area contributed by atoms with Crippen molar-refractivity contribution in [2.24, 2.45) is 0 Å². The maximum atomic E-state index is 12.1. The second-order valence-corrected chi connectivity index (χ2v) is 6.39. The van der Waals surface area contributed by atoms with Gasteiger partial charge in [-0.3, -0.25) is 4.79 Å². The van der Waals surface area contributed by atoms with Crippen LogP contribution in [0.2, 0.25) is 10.0 Å². The average Bonchev–Trinajstić information content (AvgIpc) is 2.84. The smallest absolute Gasteiger partial charge is 0.350 e. The van der Waals surface area contributed by atoms with Gasteiger partial charge in [0.15, 0.2) is 5.13 Å². The van der Waals surface area contributed by atoms with E-state index in [1.54, 1.807) is 32.0 Å². The van der Waals surface area contributed by atoms with E-state index in [0.717, 1.165) is 11.3 Å². The number of carbonyl (C=O) groups is 2. The lowest BCUT2D eigenvalue weighted by Crippen LogP contribution is -2.14. The standard InChI is InChI=1S/C15H14Cl2N2O3S/c1-3-22-14(21)13-8(2)18-15(23-13)19-12(20)7-9-10(16)5-4-6-11(9)17/h4-6H,3,7H2,1-2H3,(H,18,19,20). The fourth-order valence-corrected chi connectivity index (χ4v) is 3.27. The summed E-state index contributed by atoms with van der Waals surface area (Å²) in [5.41, 5.74) is 1.06. The number of nitrogens with zero attached hydrogens (tertiary/aromatic N) is 1. The molecule has 0 aliphatic rings. The Morgan fingerprint density at radius 1 is 1.30 bits per heavy atom. The van der Waals surface area contributed by atoms with Gasteiger partial charge >= 0.3 is 5.97 Å². The van der Waals surface area contributed by atoms with E-state index < -0.39 is 5.97 Å². The molecule has 2 rings (SSSR count). The van der Waals surface area contributed by atoms with Crippen molar-refractivity contribution in [1.82, 2.24) is 4.98 Å². The molecule has 122 valence electrons. The maximum Gasteiger partial charge on any atom is 0.350 e. The Morgan fingerprint density at radius 3 is 2.57 bits per heavy atom. The monoisotopic (exact) mass is 372 g/mol. The number of rotatable bonds is 5. The summed E-state index contributed by atoms with van der Waals surface area (Å²) in [5, 5.41) is 3.83. The van der Waals surface area contributed by atoms with Gasteiger partial charge < -0.3 is 10.1 Å². The van der Waals surface area contributed by atoms with Gasteiger partial charge in [0.1, 0.15) is 4.88 Å².